The summed E-state index contributed by atoms with van der Waals surface area (Å²) in [5.74, 6) is -1.80. The average molecular weight is 293 g/mol. The zero-order valence-electron chi connectivity index (χ0n) is 11.9. The van der Waals surface area contributed by atoms with E-state index in [1.54, 1.807) is 13.0 Å². The molecule has 2 aromatic rings. The summed E-state index contributed by atoms with van der Waals surface area (Å²) in [6.07, 6.45) is 0. The Bertz CT molecular complexity index is 685. The van der Waals surface area contributed by atoms with Crippen molar-refractivity contribution in [1.29, 1.82) is 0 Å². The molecule has 0 saturated carbocycles. The lowest BCUT2D eigenvalue weighted by Gasteiger charge is -2.19. The third-order valence-electron chi connectivity index (χ3n) is 3.16. The van der Waals surface area contributed by atoms with E-state index in [0.29, 0.717) is 12.2 Å². The van der Waals surface area contributed by atoms with Crippen LogP contribution in [0.1, 0.15) is 24.2 Å². The van der Waals surface area contributed by atoms with Gasteiger partial charge in [0.15, 0.2) is 11.6 Å². The Morgan fingerprint density at radius 3 is 2.76 bits per heavy atom. The van der Waals surface area contributed by atoms with E-state index in [4.69, 9.17) is 0 Å². The van der Waals surface area contributed by atoms with Gasteiger partial charge in [0.1, 0.15) is 0 Å². The SMILES string of the molecule is CCNC(Cn1nc(C)ccc1=O)c1cccc(F)c1F. The van der Waals surface area contributed by atoms with Crippen LogP contribution in [-0.2, 0) is 6.54 Å². The molecular weight excluding hydrogens is 276 g/mol. The first kappa shape index (κ1) is 15.3. The van der Waals surface area contributed by atoms with Crippen molar-refractivity contribution in [3.05, 3.63) is 63.6 Å². The molecule has 0 aliphatic carbocycles. The van der Waals surface area contributed by atoms with E-state index in [1.807, 2.05) is 6.92 Å². The lowest BCUT2D eigenvalue weighted by molar-refractivity contribution is 0.407. The number of halogens is 2. The molecule has 1 aromatic heterocycles. The highest BCUT2D eigenvalue weighted by Gasteiger charge is 2.18. The highest BCUT2D eigenvalue weighted by Crippen LogP contribution is 2.20. The van der Waals surface area contributed by atoms with Gasteiger partial charge < -0.3 is 5.32 Å². The number of rotatable bonds is 5. The third-order valence-corrected chi connectivity index (χ3v) is 3.16. The number of hydrogen-bond donors (Lipinski definition) is 1. The van der Waals surface area contributed by atoms with E-state index in [1.165, 1.54) is 22.9 Å². The summed E-state index contributed by atoms with van der Waals surface area (Å²) >= 11 is 0. The minimum Gasteiger partial charge on any atom is -0.309 e. The van der Waals surface area contributed by atoms with Gasteiger partial charge >= 0.3 is 0 Å². The van der Waals surface area contributed by atoms with E-state index in [9.17, 15) is 13.6 Å². The first-order valence-electron chi connectivity index (χ1n) is 6.75. The molecule has 0 saturated heterocycles. The molecule has 6 heteroatoms. The fraction of sp³-hybridized carbons (Fsp3) is 0.333. The maximum Gasteiger partial charge on any atom is 0.266 e. The topological polar surface area (TPSA) is 46.9 Å². The van der Waals surface area contributed by atoms with Gasteiger partial charge in [0.05, 0.1) is 18.3 Å². The predicted octanol–water partition coefficient (Wildman–Crippen LogP) is 2.18. The third kappa shape index (κ3) is 3.52. The van der Waals surface area contributed by atoms with Crippen LogP contribution in [0.5, 0.6) is 0 Å². The fourth-order valence-electron chi connectivity index (χ4n) is 2.16. The zero-order chi connectivity index (χ0) is 15.4. The van der Waals surface area contributed by atoms with Crippen LogP contribution in [-0.4, -0.2) is 16.3 Å². The molecule has 0 aliphatic rings. The van der Waals surface area contributed by atoms with Gasteiger partial charge in [-0.25, -0.2) is 13.5 Å². The van der Waals surface area contributed by atoms with Crippen molar-refractivity contribution in [3.8, 4) is 0 Å². The molecule has 0 fully saturated rings. The zero-order valence-corrected chi connectivity index (χ0v) is 11.9. The van der Waals surface area contributed by atoms with Crippen LogP contribution >= 0.6 is 0 Å². The van der Waals surface area contributed by atoms with Crippen molar-refractivity contribution in [2.24, 2.45) is 0 Å². The predicted molar refractivity (Wildman–Crippen MR) is 76.0 cm³/mol. The summed E-state index contributed by atoms with van der Waals surface area (Å²) in [5.41, 5.74) is 0.594. The Balaban J connectivity index is 2.37. The molecule has 4 nitrogen and oxygen atoms in total. The molecule has 0 radical (unpaired) electrons. The number of nitrogens with zero attached hydrogens (tertiary/aromatic N) is 2. The molecular formula is C15H17F2N3O. The molecule has 0 amide bonds. The summed E-state index contributed by atoms with van der Waals surface area (Å²) in [5, 5.41) is 7.18. The van der Waals surface area contributed by atoms with E-state index in [2.05, 4.69) is 10.4 Å². The lowest BCUT2D eigenvalue weighted by atomic mass is 10.1. The maximum atomic E-state index is 13.9. The van der Waals surface area contributed by atoms with Crippen LogP contribution in [0.4, 0.5) is 8.78 Å². The molecule has 2 rings (SSSR count). The largest absolute Gasteiger partial charge is 0.309 e. The minimum absolute atomic E-state index is 0.134. The van der Waals surface area contributed by atoms with Crippen molar-refractivity contribution in [3.63, 3.8) is 0 Å². The van der Waals surface area contributed by atoms with Crippen molar-refractivity contribution in [2.75, 3.05) is 6.54 Å². The molecule has 112 valence electrons. The van der Waals surface area contributed by atoms with Gasteiger partial charge in [-0.3, -0.25) is 4.79 Å². The summed E-state index contributed by atoms with van der Waals surface area (Å²) in [4.78, 5) is 11.8. The Hall–Kier alpha value is -2.08. The Labute approximate surface area is 121 Å². The highest BCUT2D eigenvalue weighted by molar-refractivity contribution is 5.22. The fourth-order valence-corrected chi connectivity index (χ4v) is 2.16. The Morgan fingerprint density at radius 2 is 2.05 bits per heavy atom. The number of nitrogens with one attached hydrogen (secondary N) is 1. The Kier molecular flexibility index (Phi) is 4.80. The smallest absolute Gasteiger partial charge is 0.266 e. The highest BCUT2D eigenvalue weighted by atomic mass is 19.2. The molecule has 0 bridgehead atoms. The van der Waals surface area contributed by atoms with Crippen LogP contribution in [0.25, 0.3) is 0 Å². The standard InChI is InChI=1S/C15H17F2N3O/c1-3-18-13(11-5-4-6-12(16)15(11)17)9-20-14(21)8-7-10(2)19-20/h4-8,13,18H,3,9H2,1-2H3. The maximum absolute atomic E-state index is 13.9. The first-order valence-corrected chi connectivity index (χ1v) is 6.75. The second-order valence-corrected chi connectivity index (χ2v) is 4.75. The molecule has 1 unspecified atom stereocenters. The molecule has 21 heavy (non-hydrogen) atoms. The van der Waals surface area contributed by atoms with Gasteiger partial charge in [-0.15, -0.1) is 0 Å². The number of hydrogen-bond acceptors (Lipinski definition) is 3. The van der Waals surface area contributed by atoms with Crippen LogP contribution in [0, 0.1) is 18.6 Å². The van der Waals surface area contributed by atoms with Crippen molar-refractivity contribution >= 4 is 0 Å². The van der Waals surface area contributed by atoms with Crippen LogP contribution < -0.4 is 10.9 Å². The second-order valence-electron chi connectivity index (χ2n) is 4.75. The van der Waals surface area contributed by atoms with E-state index in [-0.39, 0.29) is 17.7 Å². The van der Waals surface area contributed by atoms with Gasteiger partial charge in [-0.2, -0.15) is 5.10 Å². The lowest BCUT2D eigenvalue weighted by Crippen LogP contribution is -2.32. The number of benzene rings is 1. The van der Waals surface area contributed by atoms with Gasteiger partial charge in [0.2, 0.25) is 0 Å². The monoisotopic (exact) mass is 293 g/mol. The Morgan fingerprint density at radius 1 is 1.29 bits per heavy atom. The van der Waals surface area contributed by atoms with Crippen molar-refractivity contribution in [2.45, 2.75) is 26.4 Å². The van der Waals surface area contributed by atoms with Gasteiger partial charge in [-0.1, -0.05) is 19.1 Å². The van der Waals surface area contributed by atoms with Crippen molar-refractivity contribution in [1.82, 2.24) is 15.1 Å². The number of likely N-dealkylation sites (N-methyl/N-ethyl adjacent to an activating group) is 1. The normalized spacial score (nSPS) is 12.4. The minimum atomic E-state index is -0.903. The van der Waals surface area contributed by atoms with E-state index >= 15 is 0 Å². The molecule has 1 aromatic carbocycles. The van der Waals surface area contributed by atoms with Gasteiger partial charge in [-0.05, 0) is 25.6 Å². The quantitative estimate of drug-likeness (QED) is 0.919. The number of aromatic nitrogens is 2. The van der Waals surface area contributed by atoms with Crippen molar-refractivity contribution < 1.29 is 8.78 Å². The first-order chi connectivity index (χ1) is 10.0. The van der Waals surface area contributed by atoms with E-state index < -0.39 is 17.7 Å². The molecule has 1 N–H and O–H groups in total. The summed E-state index contributed by atoms with van der Waals surface area (Å²) in [6, 6.07) is 6.52. The molecule has 1 heterocycles. The van der Waals surface area contributed by atoms with Gasteiger partial charge in [0, 0.05) is 11.6 Å². The molecule has 1 atom stereocenters. The summed E-state index contributed by atoms with van der Waals surface area (Å²) < 4.78 is 28.6. The average Bonchev–Trinajstić information content (AvgIpc) is 2.45. The van der Waals surface area contributed by atoms with Crippen LogP contribution in [0.15, 0.2) is 35.1 Å². The molecule has 0 aliphatic heterocycles. The van der Waals surface area contributed by atoms with Crippen LogP contribution in [0.3, 0.4) is 0 Å². The summed E-state index contributed by atoms with van der Waals surface area (Å²) in [7, 11) is 0. The summed E-state index contributed by atoms with van der Waals surface area (Å²) in [6.45, 7) is 4.31. The van der Waals surface area contributed by atoms with Crippen LogP contribution in [0.2, 0.25) is 0 Å². The van der Waals surface area contributed by atoms with E-state index in [0.717, 1.165) is 6.07 Å². The second kappa shape index (κ2) is 6.58. The van der Waals surface area contributed by atoms with Gasteiger partial charge in [0.25, 0.3) is 5.56 Å². The number of aryl methyl sites for hydroxylation is 1. The molecule has 0 spiro atoms.